The lowest BCUT2D eigenvalue weighted by atomic mass is 10.1. The van der Waals surface area contributed by atoms with Crippen molar-refractivity contribution in [3.05, 3.63) is 176 Å². The van der Waals surface area contributed by atoms with E-state index in [1.54, 1.807) is 72.8 Å². The highest BCUT2D eigenvalue weighted by Gasteiger charge is 2.24. The third kappa shape index (κ3) is 33.7. The number of hydrogen-bond acceptors (Lipinski definition) is 26. The summed E-state index contributed by atoms with van der Waals surface area (Å²) in [5, 5.41) is 46.3. The fraction of sp³-hybridized carbons (Fsp3) is 0.378. The van der Waals surface area contributed by atoms with Gasteiger partial charge in [0.15, 0.2) is 22.3 Å². The number of nitrogens with one attached hydrogen (secondary N) is 12. The zero-order valence-electron chi connectivity index (χ0n) is 62.5. The first kappa shape index (κ1) is 89.7. The highest BCUT2D eigenvalue weighted by molar-refractivity contribution is 5.98. The summed E-state index contributed by atoms with van der Waals surface area (Å²) in [4.78, 5) is 175. The number of H-pyrrole nitrogens is 2. The van der Waals surface area contributed by atoms with Crippen LogP contribution in [-0.2, 0) is 60.8 Å². The van der Waals surface area contributed by atoms with Crippen LogP contribution in [-0.4, -0.2) is 213 Å². The fourth-order valence-corrected chi connectivity index (χ4v) is 9.52. The van der Waals surface area contributed by atoms with Crippen molar-refractivity contribution in [1.82, 2.24) is 82.4 Å². The third-order valence-corrected chi connectivity index (χ3v) is 15.1. The van der Waals surface area contributed by atoms with Crippen LogP contribution in [0.4, 0.5) is 23.3 Å². The number of benzene rings is 4. The van der Waals surface area contributed by atoms with Gasteiger partial charge in [0.05, 0.1) is 89.7 Å². The minimum atomic E-state index is -1.31. The summed E-state index contributed by atoms with van der Waals surface area (Å²) >= 11 is 0. The third-order valence-electron chi connectivity index (χ3n) is 15.1. The molecule has 0 radical (unpaired) electrons. The van der Waals surface area contributed by atoms with E-state index in [1.807, 2.05) is 39.8 Å². The lowest BCUT2D eigenvalue weighted by Gasteiger charge is -2.15. The Morgan fingerprint density at radius 2 is 0.714 bits per heavy atom. The second-order valence-corrected chi connectivity index (χ2v) is 23.2. The summed E-state index contributed by atoms with van der Waals surface area (Å²) in [5.74, 6) is -5.76. The molecule has 4 heterocycles. The number of carboxylic acids is 2. The molecule has 0 aliphatic carbocycles. The van der Waals surface area contributed by atoms with Crippen molar-refractivity contribution < 1.29 is 77.1 Å². The molecule has 8 rings (SSSR count). The number of ether oxygens (including phenoxy) is 4. The predicted octanol–water partition coefficient (Wildman–Crippen LogP) is 1.96. The molecule has 38 nitrogen and oxygen atoms in total. The molecule has 0 aliphatic heterocycles. The van der Waals surface area contributed by atoms with E-state index in [0.29, 0.717) is 73.4 Å². The molecule has 8 amide bonds. The average molecular weight is 1550 g/mol. The van der Waals surface area contributed by atoms with Gasteiger partial charge in [0.25, 0.3) is 34.7 Å². The van der Waals surface area contributed by atoms with E-state index >= 15 is 0 Å². The summed E-state index contributed by atoms with van der Waals surface area (Å²) < 4.78 is 21.6. The quantitative estimate of drug-likeness (QED) is 0.0243. The van der Waals surface area contributed by atoms with Gasteiger partial charge in [-0.25, -0.2) is 29.5 Å². The topological polar surface area (TPSA) is 563 Å². The molecular weight excluding hydrogens is 1460 g/mol. The molecule has 0 fully saturated rings. The Balaban J connectivity index is 0.000000384. The Morgan fingerprint density at radius 3 is 1.05 bits per heavy atom. The molecule has 8 aromatic rings. The molecule has 2 unspecified atom stereocenters. The van der Waals surface area contributed by atoms with E-state index in [0.717, 1.165) is 0 Å². The maximum absolute atomic E-state index is 12.7. The number of aromatic amines is 2. The second kappa shape index (κ2) is 50.6. The highest BCUT2D eigenvalue weighted by atomic mass is 16.5. The monoisotopic (exact) mass is 1550 g/mol. The number of carboxylic acid groups (broad SMARTS) is 2. The molecule has 2 atom stereocenters. The van der Waals surface area contributed by atoms with Crippen LogP contribution in [0, 0.1) is 0 Å². The van der Waals surface area contributed by atoms with E-state index in [9.17, 15) is 67.7 Å². The Morgan fingerprint density at radius 1 is 0.393 bits per heavy atom. The molecule has 0 saturated heterocycles. The number of anilines is 4. The van der Waals surface area contributed by atoms with Crippen LogP contribution in [0.5, 0.6) is 0 Å². The molecule has 0 bridgehead atoms. The normalized spacial score (nSPS) is 11.0. The summed E-state index contributed by atoms with van der Waals surface area (Å²) in [6, 6.07) is 27.5. The summed E-state index contributed by atoms with van der Waals surface area (Å²) in [5.41, 5.74) is 14.1. The molecule has 600 valence electrons. The number of aromatic nitrogens is 8. The van der Waals surface area contributed by atoms with Gasteiger partial charge in [-0.05, 0) is 85.6 Å². The number of fused-ring (bicyclic) bond motifs is 2. The van der Waals surface area contributed by atoms with Crippen molar-refractivity contribution in [2.75, 3.05) is 114 Å². The minimum Gasteiger partial charge on any atom is -0.480 e. The molecule has 0 saturated carbocycles. The zero-order chi connectivity index (χ0) is 81.4. The van der Waals surface area contributed by atoms with Crippen molar-refractivity contribution in [2.45, 2.75) is 91.4 Å². The first-order valence-corrected chi connectivity index (χ1v) is 36.0. The molecule has 0 spiro atoms. The van der Waals surface area contributed by atoms with Gasteiger partial charge in [0.2, 0.25) is 35.5 Å². The molecule has 4 aromatic heterocycles. The van der Waals surface area contributed by atoms with Crippen molar-refractivity contribution in [3.8, 4) is 0 Å². The highest BCUT2D eigenvalue weighted by Crippen LogP contribution is 2.15. The van der Waals surface area contributed by atoms with E-state index < -0.39 is 58.8 Å². The number of aliphatic carboxylic acids is 2. The standard InChI is InChI=1S/2C35H42N10O9.2C2H6/c2*36-35-44-30-29(33(50)45-35)42-25(21-41-30)20-40-24-8-6-23(7-9-24)32(49)43-26(34(51)52)10-11-27(46)37-13-14-38-28(47)12-16-53-18-19-54-17-15-39-31(48)22-4-2-1-3-5-22;2*1-2/h2*1-9,21,26,40H,10-20H2,(H,37,46)(H,38,47)(H,39,48)(H,43,49)(H,51,52)(H3,36,41,44,45,50);2*1-2H3. The van der Waals surface area contributed by atoms with Gasteiger partial charge < -0.3 is 93.8 Å². The van der Waals surface area contributed by atoms with Gasteiger partial charge in [0, 0.05) is 98.6 Å². The van der Waals surface area contributed by atoms with E-state index in [1.165, 1.54) is 36.7 Å². The number of amides is 8. The summed E-state index contributed by atoms with van der Waals surface area (Å²) in [6.07, 6.45) is 2.48. The molecule has 112 heavy (non-hydrogen) atoms. The van der Waals surface area contributed by atoms with Gasteiger partial charge in [0.1, 0.15) is 12.1 Å². The van der Waals surface area contributed by atoms with Gasteiger partial charge in [-0.15, -0.1) is 0 Å². The molecule has 4 aromatic carbocycles. The Hall–Kier alpha value is -12.9. The molecule has 38 heteroatoms. The number of hydrogen-bond donors (Lipinski definition) is 16. The number of nitrogens with zero attached hydrogens (tertiary/aromatic N) is 6. The van der Waals surface area contributed by atoms with Gasteiger partial charge in [-0.2, -0.15) is 9.97 Å². The number of nitrogen functional groups attached to an aromatic ring is 2. The summed E-state index contributed by atoms with van der Waals surface area (Å²) in [6.45, 7) is 11.9. The van der Waals surface area contributed by atoms with Gasteiger partial charge >= 0.3 is 11.9 Å². The van der Waals surface area contributed by atoms with Crippen LogP contribution >= 0.6 is 0 Å². The Bertz CT molecular complexity index is 4170. The second-order valence-electron chi connectivity index (χ2n) is 23.2. The molecule has 18 N–H and O–H groups in total. The lowest BCUT2D eigenvalue weighted by molar-refractivity contribution is -0.140. The van der Waals surface area contributed by atoms with Crippen molar-refractivity contribution >= 4 is 105 Å². The Labute approximate surface area is 643 Å². The average Bonchev–Trinajstić information content (AvgIpc) is 0.815. The van der Waals surface area contributed by atoms with Crippen LogP contribution in [0.1, 0.15) is 119 Å². The van der Waals surface area contributed by atoms with Gasteiger partial charge in [-0.1, -0.05) is 64.1 Å². The fourth-order valence-electron chi connectivity index (χ4n) is 9.52. The van der Waals surface area contributed by atoms with E-state index in [2.05, 4.69) is 93.0 Å². The smallest absolute Gasteiger partial charge is 0.326 e. The van der Waals surface area contributed by atoms with Crippen LogP contribution in [0.3, 0.4) is 0 Å². The van der Waals surface area contributed by atoms with Gasteiger partial charge in [-0.3, -0.25) is 57.9 Å². The summed E-state index contributed by atoms with van der Waals surface area (Å²) in [7, 11) is 0. The maximum Gasteiger partial charge on any atom is 0.326 e. The number of rotatable bonds is 44. The van der Waals surface area contributed by atoms with Crippen molar-refractivity contribution in [2.24, 2.45) is 0 Å². The molecular formula is C74H96N20O18. The first-order chi connectivity index (χ1) is 54.2. The van der Waals surface area contributed by atoms with E-state index in [4.69, 9.17) is 30.4 Å². The predicted molar refractivity (Wildman–Crippen MR) is 413 cm³/mol. The van der Waals surface area contributed by atoms with E-state index in [-0.39, 0.29) is 173 Å². The lowest BCUT2D eigenvalue weighted by Crippen LogP contribution is -2.42. The molecule has 0 aliphatic rings. The minimum absolute atomic E-state index is 0.0447. The van der Waals surface area contributed by atoms with Crippen LogP contribution < -0.4 is 75.8 Å². The van der Waals surface area contributed by atoms with Crippen LogP contribution in [0.2, 0.25) is 0 Å². The van der Waals surface area contributed by atoms with Crippen molar-refractivity contribution in [1.29, 1.82) is 0 Å². The van der Waals surface area contributed by atoms with Crippen LogP contribution in [0.15, 0.2) is 131 Å². The number of nitrogens with two attached hydrogens (primary N) is 2. The Kier molecular flexibility index (Phi) is 40.6. The zero-order valence-corrected chi connectivity index (χ0v) is 62.5. The largest absolute Gasteiger partial charge is 0.480 e. The number of carbonyl (C=O) groups excluding carboxylic acids is 8. The first-order valence-electron chi connectivity index (χ1n) is 36.0. The maximum atomic E-state index is 12.7. The van der Waals surface area contributed by atoms with Crippen molar-refractivity contribution in [3.63, 3.8) is 0 Å². The number of carbonyl (C=O) groups is 10. The SMILES string of the molecule is CC.CC.Nc1nc2ncc(CNc3ccc(C(=O)NC(CCC(=O)NCCNC(=O)CCOCCOCCNC(=O)c4ccccc4)C(=O)O)cc3)nc2c(=O)[nH]1.Nc1nc2ncc(CNc3ccc(C(=O)NC(CCC(=O)NCCNC(=O)CCOCCOCCNC(=O)c4ccccc4)C(=O)O)cc3)nc2c(=O)[nH]1. The van der Waals surface area contributed by atoms with Crippen LogP contribution in [0.25, 0.3) is 22.3 Å².